The number of furan rings is 1. The molecule has 6 rings (SSSR count). The van der Waals surface area contributed by atoms with Gasteiger partial charge in [-0.25, -0.2) is 9.97 Å². The quantitative estimate of drug-likeness (QED) is 0.288. The van der Waals surface area contributed by atoms with Crippen LogP contribution in [0.2, 0.25) is 5.28 Å². The van der Waals surface area contributed by atoms with Crippen LogP contribution < -0.4 is 0 Å². The highest BCUT2D eigenvalue weighted by Crippen LogP contribution is 2.36. The van der Waals surface area contributed by atoms with Crippen LogP contribution in [-0.4, -0.2) is 9.97 Å². The number of benzene rings is 4. The molecule has 28 heavy (non-hydrogen) atoms. The standard InChI is InChI=1S/C24H13ClN2O/c25-24-26-20-8-4-3-7-19(20)22(27-24)15-10-11-17-18-12-9-14-5-1-2-6-16(14)23(18)28-21(17)13-15/h1-13H. The summed E-state index contributed by atoms with van der Waals surface area (Å²) in [5.41, 5.74) is 4.34. The van der Waals surface area contributed by atoms with Gasteiger partial charge in [0.1, 0.15) is 11.2 Å². The first-order valence-corrected chi connectivity index (χ1v) is 9.42. The van der Waals surface area contributed by atoms with Gasteiger partial charge in [-0.15, -0.1) is 0 Å². The van der Waals surface area contributed by atoms with Crippen molar-refractivity contribution in [3.05, 3.63) is 84.1 Å². The monoisotopic (exact) mass is 380 g/mol. The fraction of sp³-hybridized carbons (Fsp3) is 0. The molecule has 0 amide bonds. The van der Waals surface area contributed by atoms with Crippen molar-refractivity contribution in [1.82, 2.24) is 9.97 Å². The average Bonchev–Trinajstić information content (AvgIpc) is 3.11. The third kappa shape index (κ3) is 2.23. The number of rotatable bonds is 1. The van der Waals surface area contributed by atoms with E-state index >= 15 is 0 Å². The lowest BCUT2D eigenvalue weighted by Crippen LogP contribution is -1.90. The highest BCUT2D eigenvalue weighted by Gasteiger charge is 2.13. The number of halogens is 1. The first-order chi connectivity index (χ1) is 13.8. The molecule has 3 nitrogen and oxygen atoms in total. The molecule has 0 saturated carbocycles. The second-order valence-electron chi connectivity index (χ2n) is 6.83. The Labute approximate surface area is 165 Å². The Kier molecular flexibility index (Phi) is 3.22. The van der Waals surface area contributed by atoms with Gasteiger partial charge in [0.05, 0.1) is 11.2 Å². The van der Waals surface area contributed by atoms with E-state index in [1.807, 2.05) is 42.5 Å². The van der Waals surface area contributed by atoms with Crippen molar-refractivity contribution < 1.29 is 4.42 Å². The predicted octanol–water partition coefficient (Wildman–Crippen LogP) is 7.00. The molecule has 0 aliphatic carbocycles. The van der Waals surface area contributed by atoms with Crippen molar-refractivity contribution in [3.8, 4) is 11.3 Å². The third-order valence-corrected chi connectivity index (χ3v) is 5.38. The molecule has 0 bridgehead atoms. The van der Waals surface area contributed by atoms with Crippen molar-refractivity contribution in [2.75, 3.05) is 0 Å². The molecule has 2 heterocycles. The molecule has 0 saturated heterocycles. The molecule has 0 N–H and O–H groups in total. The van der Waals surface area contributed by atoms with Crippen LogP contribution in [0.4, 0.5) is 0 Å². The van der Waals surface area contributed by atoms with Gasteiger partial charge in [0.25, 0.3) is 0 Å². The number of hydrogen-bond donors (Lipinski definition) is 0. The van der Waals surface area contributed by atoms with Crippen molar-refractivity contribution in [2.24, 2.45) is 0 Å². The van der Waals surface area contributed by atoms with Gasteiger partial charge in [-0.3, -0.25) is 0 Å². The third-order valence-electron chi connectivity index (χ3n) is 5.21. The molecular formula is C24H13ClN2O. The Balaban J connectivity index is 1.66. The van der Waals surface area contributed by atoms with Crippen LogP contribution in [0.25, 0.3) is 54.9 Å². The zero-order valence-electron chi connectivity index (χ0n) is 14.7. The molecule has 0 radical (unpaired) electrons. The Morgan fingerprint density at radius 1 is 0.679 bits per heavy atom. The van der Waals surface area contributed by atoms with Crippen LogP contribution in [0, 0.1) is 0 Å². The van der Waals surface area contributed by atoms with E-state index in [2.05, 4.69) is 46.4 Å². The minimum atomic E-state index is 0.240. The second kappa shape index (κ2) is 5.78. The predicted molar refractivity (Wildman–Crippen MR) is 115 cm³/mol. The number of nitrogens with zero attached hydrogens (tertiary/aromatic N) is 2. The van der Waals surface area contributed by atoms with Crippen LogP contribution in [-0.2, 0) is 0 Å². The summed E-state index contributed by atoms with van der Waals surface area (Å²) in [4.78, 5) is 8.82. The first kappa shape index (κ1) is 15.6. The second-order valence-corrected chi connectivity index (χ2v) is 7.17. The highest BCUT2D eigenvalue weighted by atomic mass is 35.5. The Bertz CT molecular complexity index is 1530. The molecule has 2 aromatic heterocycles. The maximum atomic E-state index is 6.29. The Morgan fingerprint density at radius 2 is 1.46 bits per heavy atom. The molecule has 0 spiro atoms. The Hall–Kier alpha value is -3.43. The minimum absolute atomic E-state index is 0.240. The number of fused-ring (bicyclic) bond motifs is 6. The summed E-state index contributed by atoms with van der Waals surface area (Å²) in [6.07, 6.45) is 0. The summed E-state index contributed by atoms with van der Waals surface area (Å²) in [5.74, 6) is 0. The number of hydrogen-bond acceptors (Lipinski definition) is 3. The van der Waals surface area contributed by atoms with Gasteiger partial charge in [-0.1, -0.05) is 54.6 Å². The summed E-state index contributed by atoms with van der Waals surface area (Å²) in [6.45, 7) is 0. The SMILES string of the molecule is Clc1nc(-c2ccc3c(c2)oc2c4ccccc4ccc32)c2ccccc2n1. The molecule has 4 aromatic carbocycles. The van der Waals surface area contributed by atoms with E-state index < -0.39 is 0 Å². The van der Waals surface area contributed by atoms with Gasteiger partial charge in [0, 0.05) is 27.1 Å². The number of para-hydroxylation sites is 1. The van der Waals surface area contributed by atoms with E-state index in [9.17, 15) is 0 Å². The Morgan fingerprint density at radius 3 is 2.39 bits per heavy atom. The average molecular weight is 381 g/mol. The molecule has 0 aliphatic rings. The lowest BCUT2D eigenvalue weighted by molar-refractivity contribution is 0.673. The van der Waals surface area contributed by atoms with Crippen molar-refractivity contribution in [3.63, 3.8) is 0 Å². The lowest BCUT2D eigenvalue weighted by Gasteiger charge is -2.06. The fourth-order valence-corrected chi connectivity index (χ4v) is 4.10. The smallest absolute Gasteiger partial charge is 0.223 e. The van der Waals surface area contributed by atoms with E-state index in [4.69, 9.17) is 16.0 Å². The van der Waals surface area contributed by atoms with Gasteiger partial charge < -0.3 is 4.42 Å². The summed E-state index contributed by atoms with van der Waals surface area (Å²) in [7, 11) is 0. The summed E-state index contributed by atoms with van der Waals surface area (Å²) in [5, 5.41) is 5.70. The van der Waals surface area contributed by atoms with E-state index in [0.717, 1.165) is 49.5 Å². The maximum absolute atomic E-state index is 6.29. The van der Waals surface area contributed by atoms with Crippen LogP contribution in [0.1, 0.15) is 0 Å². The summed E-state index contributed by atoms with van der Waals surface area (Å²) >= 11 is 6.18. The molecule has 132 valence electrons. The summed E-state index contributed by atoms with van der Waals surface area (Å²) in [6, 6.07) is 26.6. The maximum Gasteiger partial charge on any atom is 0.223 e. The van der Waals surface area contributed by atoms with Crippen molar-refractivity contribution >= 4 is 55.2 Å². The van der Waals surface area contributed by atoms with E-state index in [0.29, 0.717) is 0 Å². The minimum Gasteiger partial charge on any atom is -0.455 e. The zero-order chi connectivity index (χ0) is 18.7. The highest BCUT2D eigenvalue weighted by molar-refractivity contribution is 6.29. The molecule has 0 fully saturated rings. The molecule has 4 heteroatoms. The van der Waals surface area contributed by atoms with Crippen LogP contribution >= 0.6 is 11.6 Å². The topological polar surface area (TPSA) is 38.9 Å². The van der Waals surface area contributed by atoms with Gasteiger partial charge in [-0.2, -0.15) is 0 Å². The van der Waals surface area contributed by atoms with E-state index in [1.54, 1.807) is 0 Å². The zero-order valence-corrected chi connectivity index (χ0v) is 15.4. The lowest BCUT2D eigenvalue weighted by atomic mass is 10.0. The van der Waals surface area contributed by atoms with Crippen LogP contribution in [0.5, 0.6) is 0 Å². The number of aromatic nitrogens is 2. The van der Waals surface area contributed by atoms with Gasteiger partial charge >= 0.3 is 0 Å². The normalized spacial score (nSPS) is 11.8. The largest absolute Gasteiger partial charge is 0.455 e. The summed E-state index contributed by atoms with van der Waals surface area (Å²) < 4.78 is 6.29. The van der Waals surface area contributed by atoms with E-state index in [-0.39, 0.29) is 5.28 Å². The van der Waals surface area contributed by atoms with Crippen molar-refractivity contribution in [2.45, 2.75) is 0 Å². The van der Waals surface area contributed by atoms with Crippen molar-refractivity contribution in [1.29, 1.82) is 0 Å². The molecule has 0 aliphatic heterocycles. The fourth-order valence-electron chi connectivity index (χ4n) is 3.92. The molecule has 0 atom stereocenters. The molecule has 6 aromatic rings. The first-order valence-electron chi connectivity index (χ1n) is 9.05. The van der Waals surface area contributed by atoms with Crippen LogP contribution in [0.3, 0.4) is 0 Å². The van der Waals surface area contributed by atoms with Gasteiger partial charge in [0.15, 0.2) is 0 Å². The van der Waals surface area contributed by atoms with Gasteiger partial charge in [-0.05, 0) is 41.3 Å². The van der Waals surface area contributed by atoms with E-state index in [1.165, 1.54) is 5.39 Å². The van der Waals surface area contributed by atoms with Crippen LogP contribution in [0.15, 0.2) is 83.3 Å². The molecular weight excluding hydrogens is 368 g/mol. The van der Waals surface area contributed by atoms with Gasteiger partial charge in [0.2, 0.25) is 5.28 Å². The molecule has 0 unspecified atom stereocenters.